The molecule has 2 aromatic rings. The van der Waals surface area contributed by atoms with Gasteiger partial charge in [0.1, 0.15) is 5.82 Å². The predicted octanol–water partition coefficient (Wildman–Crippen LogP) is 4.39. The van der Waals surface area contributed by atoms with Crippen molar-refractivity contribution in [1.82, 2.24) is 9.55 Å². The maximum Gasteiger partial charge on any atom is 0.256 e. The summed E-state index contributed by atoms with van der Waals surface area (Å²) in [5.41, 5.74) is 1.09. The summed E-state index contributed by atoms with van der Waals surface area (Å²) in [6, 6.07) is 3.12. The van der Waals surface area contributed by atoms with Gasteiger partial charge in [0.2, 0.25) is 0 Å². The fourth-order valence-corrected chi connectivity index (χ4v) is 2.27. The van der Waals surface area contributed by atoms with Gasteiger partial charge in [-0.1, -0.05) is 23.2 Å². The van der Waals surface area contributed by atoms with Crippen LogP contribution in [-0.4, -0.2) is 21.9 Å². The molecule has 0 bridgehead atoms. The summed E-state index contributed by atoms with van der Waals surface area (Å²) < 4.78 is 26.6. The van der Waals surface area contributed by atoms with Crippen LogP contribution in [0.15, 0.2) is 12.1 Å². The van der Waals surface area contributed by atoms with Crippen LogP contribution in [0.4, 0.5) is 8.78 Å². The molecule has 0 unspecified atom stereocenters. The van der Waals surface area contributed by atoms with Crippen molar-refractivity contribution in [2.75, 3.05) is 5.88 Å². The van der Waals surface area contributed by atoms with Crippen molar-refractivity contribution in [2.24, 2.45) is 0 Å². The van der Waals surface area contributed by atoms with Crippen molar-refractivity contribution in [3.05, 3.63) is 28.0 Å². The SMILES string of the molecule is FC(F)Cn1c(CCCl)nc2cc(Cl)c(Cl)cc21. The van der Waals surface area contributed by atoms with Crippen LogP contribution >= 0.6 is 34.8 Å². The zero-order valence-corrected chi connectivity index (χ0v) is 11.4. The standard InChI is InChI=1S/C11H9Cl3F2N2/c12-2-1-11-17-8-3-6(13)7(14)4-9(8)18(11)5-10(15)16/h3-4,10H,1-2,5H2. The Morgan fingerprint density at radius 1 is 1.22 bits per heavy atom. The molecule has 0 aliphatic carbocycles. The van der Waals surface area contributed by atoms with Gasteiger partial charge >= 0.3 is 0 Å². The number of alkyl halides is 3. The van der Waals surface area contributed by atoms with Crippen molar-refractivity contribution in [3.8, 4) is 0 Å². The zero-order valence-electron chi connectivity index (χ0n) is 9.14. The largest absolute Gasteiger partial charge is 0.322 e. The fourth-order valence-electron chi connectivity index (χ4n) is 1.79. The lowest BCUT2D eigenvalue weighted by molar-refractivity contribution is 0.127. The lowest BCUT2D eigenvalue weighted by Gasteiger charge is -2.07. The monoisotopic (exact) mass is 312 g/mol. The third kappa shape index (κ3) is 2.71. The van der Waals surface area contributed by atoms with E-state index in [0.717, 1.165) is 0 Å². The van der Waals surface area contributed by atoms with Crippen molar-refractivity contribution in [1.29, 1.82) is 0 Å². The van der Waals surface area contributed by atoms with E-state index in [-0.39, 0.29) is 0 Å². The maximum absolute atomic E-state index is 12.6. The molecule has 0 fully saturated rings. The van der Waals surface area contributed by atoms with Crippen LogP contribution in [0.25, 0.3) is 11.0 Å². The molecular formula is C11H9Cl3F2N2. The second-order valence-electron chi connectivity index (χ2n) is 3.72. The van der Waals surface area contributed by atoms with Gasteiger partial charge < -0.3 is 4.57 Å². The average molecular weight is 314 g/mol. The molecular weight excluding hydrogens is 304 g/mol. The molecule has 2 nitrogen and oxygen atoms in total. The van der Waals surface area contributed by atoms with Gasteiger partial charge in [-0.3, -0.25) is 0 Å². The Bertz CT molecular complexity index is 569. The fraction of sp³-hybridized carbons (Fsp3) is 0.364. The summed E-state index contributed by atoms with van der Waals surface area (Å²) in [6.07, 6.45) is -2.05. The van der Waals surface area contributed by atoms with Crippen LogP contribution in [-0.2, 0) is 13.0 Å². The van der Waals surface area contributed by atoms with Gasteiger partial charge in [0, 0.05) is 12.3 Å². The van der Waals surface area contributed by atoms with Crippen LogP contribution in [0.5, 0.6) is 0 Å². The molecule has 7 heteroatoms. The van der Waals surface area contributed by atoms with Crippen molar-refractivity contribution >= 4 is 45.8 Å². The normalized spacial score (nSPS) is 11.7. The van der Waals surface area contributed by atoms with Crippen molar-refractivity contribution < 1.29 is 8.78 Å². The molecule has 0 radical (unpaired) electrons. The number of aryl methyl sites for hydroxylation is 1. The van der Waals surface area contributed by atoms with E-state index in [1.165, 1.54) is 4.57 Å². The van der Waals surface area contributed by atoms with E-state index >= 15 is 0 Å². The summed E-state index contributed by atoms with van der Waals surface area (Å²) >= 11 is 17.4. The Morgan fingerprint density at radius 3 is 2.50 bits per heavy atom. The van der Waals surface area contributed by atoms with Crippen LogP contribution in [0.3, 0.4) is 0 Å². The van der Waals surface area contributed by atoms with E-state index < -0.39 is 13.0 Å². The molecule has 0 aliphatic heterocycles. The first-order chi connectivity index (χ1) is 8.52. The number of rotatable bonds is 4. The number of aromatic nitrogens is 2. The van der Waals surface area contributed by atoms with Gasteiger partial charge in [-0.2, -0.15) is 0 Å². The molecule has 0 spiro atoms. The molecule has 1 aromatic carbocycles. The summed E-state index contributed by atoms with van der Waals surface area (Å²) in [5, 5.41) is 0.667. The smallest absolute Gasteiger partial charge is 0.256 e. The number of hydrogen-bond donors (Lipinski definition) is 0. The van der Waals surface area contributed by atoms with Crippen LogP contribution < -0.4 is 0 Å². The van der Waals surface area contributed by atoms with Gasteiger partial charge in [0.25, 0.3) is 6.43 Å². The highest BCUT2D eigenvalue weighted by Crippen LogP contribution is 2.29. The summed E-state index contributed by atoms with van der Waals surface area (Å²) in [4.78, 5) is 4.26. The van der Waals surface area contributed by atoms with E-state index in [1.807, 2.05) is 0 Å². The highest BCUT2D eigenvalue weighted by atomic mass is 35.5. The highest BCUT2D eigenvalue weighted by molar-refractivity contribution is 6.42. The van der Waals surface area contributed by atoms with Crippen molar-refractivity contribution in [3.63, 3.8) is 0 Å². The highest BCUT2D eigenvalue weighted by Gasteiger charge is 2.15. The molecule has 1 aromatic heterocycles. The third-order valence-corrected chi connectivity index (χ3v) is 3.42. The quantitative estimate of drug-likeness (QED) is 0.766. The first-order valence-corrected chi connectivity index (χ1v) is 6.50. The minimum absolute atomic E-state index is 0.314. The van der Waals surface area contributed by atoms with E-state index in [2.05, 4.69) is 4.98 Å². The van der Waals surface area contributed by atoms with E-state index in [1.54, 1.807) is 12.1 Å². The lowest BCUT2D eigenvalue weighted by Crippen LogP contribution is -2.10. The molecule has 98 valence electrons. The van der Waals surface area contributed by atoms with Crippen molar-refractivity contribution in [2.45, 2.75) is 19.4 Å². The Hall–Kier alpha value is -0.580. The van der Waals surface area contributed by atoms with Gasteiger partial charge in [-0.15, -0.1) is 11.6 Å². The second-order valence-corrected chi connectivity index (χ2v) is 4.92. The Morgan fingerprint density at radius 2 is 1.89 bits per heavy atom. The molecule has 2 rings (SSSR count). The third-order valence-electron chi connectivity index (χ3n) is 2.51. The van der Waals surface area contributed by atoms with Gasteiger partial charge in [-0.05, 0) is 12.1 Å². The minimum atomic E-state index is -2.47. The Labute approximate surface area is 117 Å². The van der Waals surface area contributed by atoms with E-state index in [9.17, 15) is 8.78 Å². The van der Waals surface area contributed by atoms with Gasteiger partial charge in [-0.25, -0.2) is 13.8 Å². The number of nitrogens with zero attached hydrogens (tertiary/aromatic N) is 2. The molecule has 0 aliphatic rings. The maximum atomic E-state index is 12.6. The number of fused-ring (bicyclic) bond motifs is 1. The average Bonchev–Trinajstić information content (AvgIpc) is 2.58. The Kier molecular flexibility index (Phi) is 4.30. The number of halogens is 5. The predicted molar refractivity (Wildman–Crippen MR) is 70.2 cm³/mol. The molecule has 0 amide bonds. The first-order valence-electron chi connectivity index (χ1n) is 5.21. The number of hydrogen-bond acceptors (Lipinski definition) is 1. The van der Waals surface area contributed by atoms with Crippen LogP contribution in [0.1, 0.15) is 5.82 Å². The van der Waals surface area contributed by atoms with Crippen LogP contribution in [0.2, 0.25) is 10.0 Å². The second kappa shape index (κ2) is 5.59. The Balaban J connectivity index is 2.60. The first kappa shape index (κ1) is 13.8. The summed E-state index contributed by atoms with van der Waals surface area (Å²) in [5.74, 6) is 0.826. The number of imidazole rings is 1. The number of benzene rings is 1. The van der Waals surface area contributed by atoms with Gasteiger partial charge in [0.05, 0.1) is 27.6 Å². The molecule has 1 heterocycles. The topological polar surface area (TPSA) is 17.8 Å². The summed E-state index contributed by atoms with van der Waals surface area (Å²) in [7, 11) is 0. The summed E-state index contributed by atoms with van der Waals surface area (Å²) in [6.45, 7) is -0.430. The zero-order chi connectivity index (χ0) is 13.3. The molecule has 0 atom stereocenters. The molecule has 0 N–H and O–H groups in total. The minimum Gasteiger partial charge on any atom is -0.322 e. The van der Waals surface area contributed by atoms with Gasteiger partial charge in [0.15, 0.2) is 0 Å². The molecule has 18 heavy (non-hydrogen) atoms. The van der Waals surface area contributed by atoms with Crippen LogP contribution in [0, 0.1) is 0 Å². The van der Waals surface area contributed by atoms with E-state index in [4.69, 9.17) is 34.8 Å². The molecule has 0 saturated heterocycles. The lowest BCUT2D eigenvalue weighted by atomic mass is 10.3. The van der Waals surface area contributed by atoms with E-state index in [0.29, 0.717) is 39.2 Å². The molecule has 0 saturated carbocycles.